The Morgan fingerprint density at radius 3 is 2.07 bits per heavy atom. The van der Waals surface area contributed by atoms with E-state index in [1.807, 2.05) is 19.2 Å². The Morgan fingerprint density at radius 2 is 1.57 bits per heavy atom. The van der Waals surface area contributed by atoms with Gasteiger partial charge >= 0.3 is 6.09 Å². The fraction of sp³-hybridized carbons (Fsp3) is 0.333. The van der Waals surface area contributed by atoms with Crippen molar-refractivity contribution in [2.24, 2.45) is 0 Å². The molecule has 1 atom stereocenters. The van der Waals surface area contributed by atoms with Crippen LogP contribution >= 0.6 is 12.4 Å². The van der Waals surface area contributed by atoms with E-state index in [4.69, 9.17) is 9.47 Å². The number of hydrogen-bond donors (Lipinski definition) is 1. The molecule has 0 radical (unpaired) electrons. The second-order valence-corrected chi connectivity index (χ2v) is 6.39. The van der Waals surface area contributed by atoms with E-state index in [2.05, 4.69) is 5.32 Å². The molecule has 0 aliphatic heterocycles. The first kappa shape index (κ1) is 23.5. The fourth-order valence-corrected chi connectivity index (χ4v) is 2.52. The largest absolute Gasteiger partial charge is 0.494 e. The molecule has 0 aromatic heterocycles. The molecule has 1 amide bonds. The normalized spacial score (nSPS) is 11.1. The van der Waals surface area contributed by atoms with Crippen molar-refractivity contribution < 1.29 is 19.1 Å². The number of carbonyl (C=O) groups excluding carboxylic acids is 2. The molecule has 6 nitrogen and oxygen atoms in total. The van der Waals surface area contributed by atoms with Gasteiger partial charge in [-0.1, -0.05) is 12.1 Å². The summed E-state index contributed by atoms with van der Waals surface area (Å²) < 4.78 is 11.0. The lowest BCUT2D eigenvalue weighted by molar-refractivity contribution is 0.101. The Kier molecular flexibility index (Phi) is 9.48. The lowest BCUT2D eigenvalue weighted by atomic mass is 10.0. The topological polar surface area (TPSA) is 67.9 Å². The summed E-state index contributed by atoms with van der Waals surface area (Å²) >= 11 is 0. The van der Waals surface area contributed by atoms with Gasteiger partial charge in [0.2, 0.25) is 0 Å². The van der Waals surface area contributed by atoms with Crippen LogP contribution in [0.2, 0.25) is 0 Å². The maximum atomic E-state index is 11.6. The molecule has 2 aromatic carbocycles. The Morgan fingerprint density at radius 1 is 1.00 bits per heavy atom. The van der Waals surface area contributed by atoms with Crippen LogP contribution in [0.1, 0.15) is 35.3 Å². The van der Waals surface area contributed by atoms with E-state index in [0.717, 1.165) is 17.7 Å². The van der Waals surface area contributed by atoms with Gasteiger partial charge in [-0.05, 0) is 55.9 Å². The number of carbonyl (C=O) groups is 2. The molecule has 0 spiro atoms. The quantitative estimate of drug-likeness (QED) is 0.668. The van der Waals surface area contributed by atoms with Crippen molar-refractivity contribution in [1.82, 2.24) is 10.2 Å². The van der Waals surface area contributed by atoms with Gasteiger partial charge in [0.25, 0.3) is 0 Å². The Hall–Kier alpha value is -2.57. The van der Waals surface area contributed by atoms with Gasteiger partial charge in [0.05, 0.1) is 6.61 Å². The minimum Gasteiger partial charge on any atom is -0.494 e. The average Bonchev–Trinajstić information content (AvgIpc) is 2.66. The smallest absolute Gasteiger partial charge is 0.414 e. The molecule has 0 bridgehead atoms. The van der Waals surface area contributed by atoms with Gasteiger partial charge in [-0.2, -0.15) is 0 Å². The molecule has 2 rings (SSSR count). The van der Waals surface area contributed by atoms with Crippen LogP contribution in [0, 0.1) is 0 Å². The SMILES string of the molecule is CNC(CCOc1ccc(C(C)=O)cc1)c1ccc(OC(=O)N(C)C)cc1.Cl. The second-order valence-electron chi connectivity index (χ2n) is 6.39. The van der Waals surface area contributed by atoms with Crippen LogP contribution in [0.3, 0.4) is 0 Å². The molecule has 0 aliphatic carbocycles. The third-order valence-electron chi connectivity index (χ3n) is 4.14. The monoisotopic (exact) mass is 406 g/mol. The third kappa shape index (κ3) is 6.87. The number of rotatable bonds is 8. The number of nitrogens with zero attached hydrogens (tertiary/aromatic N) is 1. The average molecular weight is 407 g/mol. The first-order chi connectivity index (χ1) is 12.9. The summed E-state index contributed by atoms with van der Waals surface area (Å²) in [7, 11) is 5.18. The highest BCUT2D eigenvalue weighted by molar-refractivity contribution is 5.94. The van der Waals surface area contributed by atoms with Crippen LogP contribution in [-0.2, 0) is 0 Å². The van der Waals surface area contributed by atoms with E-state index < -0.39 is 6.09 Å². The zero-order chi connectivity index (χ0) is 19.8. The molecule has 0 fully saturated rings. The van der Waals surface area contributed by atoms with Crippen molar-refractivity contribution in [3.05, 3.63) is 59.7 Å². The highest BCUT2D eigenvalue weighted by Crippen LogP contribution is 2.21. The van der Waals surface area contributed by atoms with Gasteiger partial charge in [-0.15, -0.1) is 12.4 Å². The van der Waals surface area contributed by atoms with E-state index in [-0.39, 0.29) is 24.2 Å². The zero-order valence-corrected chi connectivity index (χ0v) is 17.4. The van der Waals surface area contributed by atoms with Crippen molar-refractivity contribution in [2.45, 2.75) is 19.4 Å². The van der Waals surface area contributed by atoms with Gasteiger partial charge in [-0.25, -0.2) is 4.79 Å². The zero-order valence-electron chi connectivity index (χ0n) is 16.6. The summed E-state index contributed by atoms with van der Waals surface area (Å²) in [6.07, 6.45) is 0.360. The van der Waals surface area contributed by atoms with Crippen LogP contribution in [-0.4, -0.2) is 44.5 Å². The number of ketones is 1. The molecule has 0 saturated heterocycles. The highest BCUT2D eigenvalue weighted by atomic mass is 35.5. The summed E-state index contributed by atoms with van der Waals surface area (Å²) in [5.41, 5.74) is 1.75. The van der Waals surface area contributed by atoms with Crippen LogP contribution in [0.25, 0.3) is 0 Å². The number of Topliss-reactive ketones (excluding diaryl/α,β-unsaturated/α-hetero) is 1. The minimum absolute atomic E-state index is 0. The first-order valence-electron chi connectivity index (χ1n) is 8.81. The highest BCUT2D eigenvalue weighted by Gasteiger charge is 2.11. The Labute approximate surface area is 172 Å². The summed E-state index contributed by atoms with van der Waals surface area (Å²) in [6, 6.07) is 14.7. The molecule has 1 unspecified atom stereocenters. The summed E-state index contributed by atoms with van der Waals surface area (Å²) in [6.45, 7) is 2.07. The summed E-state index contributed by atoms with van der Waals surface area (Å²) in [4.78, 5) is 24.3. The number of hydrogen-bond acceptors (Lipinski definition) is 5. The molecule has 0 saturated carbocycles. The molecule has 2 aromatic rings. The lowest BCUT2D eigenvalue weighted by Gasteiger charge is -2.18. The fourth-order valence-electron chi connectivity index (χ4n) is 2.52. The minimum atomic E-state index is -0.405. The Bertz CT molecular complexity index is 761. The number of amides is 1. The number of halogens is 1. The predicted octanol–water partition coefficient (Wildman–Crippen LogP) is 4.10. The van der Waals surface area contributed by atoms with E-state index >= 15 is 0 Å². The predicted molar refractivity (Wildman–Crippen MR) is 112 cm³/mol. The van der Waals surface area contributed by atoms with Crippen LogP contribution in [0.15, 0.2) is 48.5 Å². The molecular formula is C21H27ClN2O4. The summed E-state index contributed by atoms with van der Waals surface area (Å²) in [5.74, 6) is 1.28. The van der Waals surface area contributed by atoms with Crippen molar-refractivity contribution in [3.63, 3.8) is 0 Å². The molecule has 152 valence electrons. The van der Waals surface area contributed by atoms with Gasteiger partial charge in [0.1, 0.15) is 11.5 Å². The van der Waals surface area contributed by atoms with Gasteiger partial charge in [0, 0.05) is 32.1 Å². The molecule has 0 aliphatic rings. The van der Waals surface area contributed by atoms with Crippen molar-refractivity contribution in [2.75, 3.05) is 27.7 Å². The summed E-state index contributed by atoms with van der Waals surface area (Å²) in [5, 5.41) is 3.27. The lowest BCUT2D eigenvalue weighted by Crippen LogP contribution is -2.25. The maximum absolute atomic E-state index is 11.6. The third-order valence-corrected chi connectivity index (χ3v) is 4.14. The van der Waals surface area contributed by atoms with Gasteiger partial charge in [0.15, 0.2) is 5.78 Å². The molecule has 7 heteroatoms. The number of ether oxygens (including phenoxy) is 2. The Balaban J connectivity index is 0.00000392. The molecule has 1 N–H and O–H groups in total. The second kappa shape index (κ2) is 11.3. The van der Waals surface area contributed by atoms with Gasteiger partial charge < -0.3 is 19.7 Å². The number of nitrogens with one attached hydrogen (secondary N) is 1. The van der Waals surface area contributed by atoms with E-state index in [0.29, 0.717) is 17.9 Å². The first-order valence-corrected chi connectivity index (χ1v) is 8.81. The molecule has 28 heavy (non-hydrogen) atoms. The van der Waals surface area contributed by atoms with Crippen molar-refractivity contribution >= 4 is 24.3 Å². The van der Waals surface area contributed by atoms with Crippen LogP contribution in [0.5, 0.6) is 11.5 Å². The van der Waals surface area contributed by atoms with Gasteiger partial charge in [-0.3, -0.25) is 4.79 Å². The van der Waals surface area contributed by atoms with Crippen LogP contribution < -0.4 is 14.8 Å². The maximum Gasteiger partial charge on any atom is 0.414 e. The van der Waals surface area contributed by atoms with Crippen LogP contribution in [0.4, 0.5) is 4.79 Å². The number of benzene rings is 2. The molecule has 0 heterocycles. The van der Waals surface area contributed by atoms with E-state index in [1.54, 1.807) is 57.4 Å². The van der Waals surface area contributed by atoms with E-state index in [9.17, 15) is 9.59 Å². The van der Waals surface area contributed by atoms with Crippen molar-refractivity contribution in [3.8, 4) is 11.5 Å². The van der Waals surface area contributed by atoms with Crippen molar-refractivity contribution in [1.29, 1.82) is 0 Å². The molecular weight excluding hydrogens is 380 g/mol. The standard InChI is InChI=1S/C21H26N2O4.ClH/c1-15(24)16-5-9-18(10-6-16)26-14-13-20(22-2)17-7-11-19(12-8-17)27-21(25)23(3)4;/h5-12,20,22H,13-14H2,1-4H3;1H. The van der Waals surface area contributed by atoms with E-state index in [1.165, 1.54) is 4.90 Å².